The third kappa shape index (κ3) is 4.92. The number of benzene rings is 1. The van der Waals surface area contributed by atoms with E-state index in [-0.39, 0.29) is 11.3 Å². The number of nitrogens with one attached hydrogen (secondary N) is 3. The van der Waals surface area contributed by atoms with Crippen molar-refractivity contribution >= 4 is 11.9 Å². The first-order chi connectivity index (χ1) is 14.1. The van der Waals surface area contributed by atoms with Crippen molar-refractivity contribution in [3.63, 3.8) is 0 Å². The largest absolute Gasteiger partial charge is 0.378 e. The Balaban J connectivity index is 1.53. The molecule has 1 aromatic rings. The third-order valence-electron chi connectivity index (χ3n) is 6.59. The van der Waals surface area contributed by atoms with Crippen molar-refractivity contribution in [2.75, 3.05) is 27.2 Å². The van der Waals surface area contributed by atoms with Crippen LogP contribution in [0.15, 0.2) is 29.3 Å². The molecular formula is C23H36N4O2. The lowest BCUT2D eigenvalue weighted by atomic mass is 9.55. The highest BCUT2D eigenvalue weighted by Crippen LogP contribution is 2.53. The molecule has 0 radical (unpaired) electrons. The average Bonchev–Trinajstić information content (AvgIpc) is 2.77. The van der Waals surface area contributed by atoms with Crippen LogP contribution in [0, 0.1) is 5.41 Å². The van der Waals surface area contributed by atoms with Crippen molar-refractivity contribution in [3.8, 4) is 0 Å². The molecule has 2 saturated carbocycles. The van der Waals surface area contributed by atoms with E-state index in [1.165, 1.54) is 32.1 Å². The number of nitrogens with zero attached hydrogens (tertiary/aromatic N) is 1. The topological polar surface area (TPSA) is 74.8 Å². The molecule has 6 heteroatoms. The van der Waals surface area contributed by atoms with Gasteiger partial charge < -0.3 is 20.7 Å². The molecule has 3 N–H and O–H groups in total. The maximum Gasteiger partial charge on any atom is 0.251 e. The van der Waals surface area contributed by atoms with E-state index in [9.17, 15) is 4.79 Å². The van der Waals surface area contributed by atoms with Gasteiger partial charge in [-0.25, -0.2) is 0 Å². The van der Waals surface area contributed by atoms with Gasteiger partial charge in [-0.1, -0.05) is 31.4 Å². The van der Waals surface area contributed by atoms with Gasteiger partial charge in [0.25, 0.3) is 5.91 Å². The van der Waals surface area contributed by atoms with E-state index in [1.807, 2.05) is 25.2 Å². The van der Waals surface area contributed by atoms with Gasteiger partial charge in [-0.3, -0.25) is 9.79 Å². The molecular weight excluding hydrogens is 364 g/mol. The minimum absolute atomic E-state index is 0.0519. The Morgan fingerprint density at radius 3 is 2.76 bits per heavy atom. The van der Waals surface area contributed by atoms with Crippen LogP contribution >= 0.6 is 0 Å². The molecule has 6 nitrogen and oxygen atoms in total. The van der Waals surface area contributed by atoms with E-state index in [0.29, 0.717) is 17.7 Å². The Hall–Kier alpha value is -2.08. The summed E-state index contributed by atoms with van der Waals surface area (Å²) in [7, 11) is 3.48. The minimum atomic E-state index is -0.0519. The second-order valence-electron chi connectivity index (χ2n) is 8.20. The lowest BCUT2D eigenvalue weighted by Gasteiger charge is -2.57. The Morgan fingerprint density at radius 1 is 1.28 bits per heavy atom. The summed E-state index contributed by atoms with van der Waals surface area (Å²) in [6.07, 6.45) is 8.72. The highest BCUT2D eigenvalue weighted by atomic mass is 16.5. The van der Waals surface area contributed by atoms with Crippen LogP contribution in [0.3, 0.4) is 0 Å². The minimum Gasteiger partial charge on any atom is -0.378 e. The van der Waals surface area contributed by atoms with Crippen molar-refractivity contribution in [1.82, 2.24) is 16.0 Å². The van der Waals surface area contributed by atoms with Crippen LogP contribution in [0.5, 0.6) is 0 Å². The second-order valence-corrected chi connectivity index (χ2v) is 8.20. The number of hydrogen-bond acceptors (Lipinski definition) is 3. The average molecular weight is 401 g/mol. The fourth-order valence-corrected chi connectivity index (χ4v) is 4.96. The van der Waals surface area contributed by atoms with Gasteiger partial charge in [-0.15, -0.1) is 0 Å². The predicted octanol–water partition coefficient (Wildman–Crippen LogP) is 2.88. The summed E-state index contributed by atoms with van der Waals surface area (Å²) < 4.78 is 6.06. The van der Waals surface area contributed by atoms with Gasteiger partial charge >= 0.3 is 0 Å². The summed E-state index contributed by atoms with van der Waals surface area (Å²) in [5.41, 5.74) is 2.11. The molecule has 3 rings (SSSR count). The molecule has 29 heavy (non-hydrogen) atoms. The van der Waals surface area contributed by atoms with Crippen LogP contribution in [0.1, 0.15) is 61.4 Å². The number of carbonyl (C=O) groups excluding carboxylic acids is 1. The summed E-state index contributed by atoms with van der Waals surface area (Å²) >= 11 is 0. The molecule has 2 fully saturated rings. The first-order valence-corrected chi connectivity index (χ1v) is 11.0. The number of guanidine groups is 1. The summed E-state index contributed by atoms with van der Waals surface area (Å²) in [4.78, 5) is 16.2. The summed E-state index contributed by atoms with van der Waals surface area (Å²) in [6, 6.07) is 8.21. The molecule has 2 atom stereocenters. The third-order valence-corrected chi connectivity index (χ3v) is 6.59. The van der Waals surface area contributed by atoms with Gasteiger partial charge in [-0.2, -0.15) is 0 Å². The van der Waals surface area contributed by atoms with E-state index in [2.05, 4.69) is 33.9 Å². The van der Waals surface area contributed by atoms with Gasteiger partial charge in [0.15, 0.2) is 5.96 Å². The predicted molar refractivity (Wildman–Crippen MR) is 117 cm³/mol. The second kappa shape index (κ2) is 10.1. The van der Waals surface area contributed by atoms with Gasteiger partial charge in [-0.05, 0) is 50.3 Å². The van der Waals surface area contributed by atoms with Crippen LogP contribution in [-0.2, 0) is 11.2 Å². The van der Waals surface area contributed by atoms with E-state index in [0.717, 1.165) is 37.5 Å². The standard InChI is InChI=1S/C23H36N4O2/c1-4-29-20-16-19(23(20)12-6-5-7-13-23)27-22(25-3)26-14-11-17-9-8-10-18(15-17)21(28)24-2/h8-10,15,19-20H,4-7,11-14,16H2,1-3H3,(H,24,28)(H2,25,26,27). The lowest BCUT2D eigenvalue weighted by molar-refractivity contribution is -0.145. The number of rotatable bonds is 7. The van der Waals surface area contributed by atoms with Crippen LogP contribution < -0.4 is 16.0 Å². The van der Waals surface area contributed by atoms with Gasteiger partial charge in [0.1, 0.15) is 0 Å². The normalized spacial score (nSPS) is 23.3. The molecule has 2 aliphatic rings. The zero-order chi connectivity index (χ0) is 20.7. The molecule has 1 amide bonds. The van der Waals surface area contributed by atoms with Crippen molar-refractivity contribution in [2.24, 2.45) is 10.4 Å². The molecule has 0 saturated heterocycles. The van der Waals surface area contributed by atoms with E-state index in [1.54, 1.807) is 7.05 Å². The number of carbonyl (C=O) groups is 1. The first-order valence-electron chi connectivity index (χ1n) is 11.0. The lowest BCUT2D eigenvalue weighted by Crippen LogP contribution is -2.66. The van der Waals surface area contributed by atoms with Crippen LogP contribution in [0.25, 0.3) is 0 Å². The van der Waals surface area contributed by atoms with E-state index in [4.69, 9.17) is 4.74 Å². The van der Waals surface area contributed by atoms with Gasteiger partial charge in [0, 0.05) is 44.3 Å². The highest BCUT2D eigenvalue weighted by molar-refractivity contribution is 5.94. The molecule has 2 unspecified atom stereocenters. The van der Waals surface area contributed by atoms with Crippen molar-refractivity contribution < 1.29 is 9.53 Å². The SMILES string of the molecule is CCOC1CC(NC(=NC)NCCc2cccc(C(=O)NC)c2)C12CCCCC2. The van der Waals surface area contributed by atoms with Crippen LogP contribution in [0.2, 0.25) is 0 Å². The monoisotopic (exact) mass is 400 g/mol. The summed E-state index contributed by atoms with van der Waals surface area (Å²) in [6.45, 7) is 3.66. The number of hydrogen-bond donors (Lipinski definition) is 3. The van der Waals surface area contributed by atoms with Gasteiger partial charge in [0.2, 0.25) is 0 Å². The Labute approximate surface area is 174 Å². The van der Waals surface area contributed by atoms with Crippen LogP contribution in [0.4, 0.5) is 0 Å². The van der Waals surface area contributed by atoms with E-state index < -0.39 is 0 Å². The maximum absolute atomic E-state index is 11.8. The highest BCUT2D eigenvalue weighted by Gasteiger charge is 2.55. The number of amides is 1. The zero-order valence-electron chi connectivity index (χ0n) is 18.1. The van der Waals surface area contributed by atoms with Gasteiger partial charge in [0.05, 0.1) is 6.10 Å². The first kappa shape index (κ1) is 21.6. The molecule has 0 aromatic heterocycles. The Kier molecular flexibility index (Phi) is 7.53. The quantitative estimate of drug-likeness (QED) is 0.486. The smallest absolute Gasteiger partial charge is 0.251 e. The van der Waals surface area contributed by atoms with Crippen molar-refractivity contribution in [3.05, 3.63) is 35.4 Å². The van der Waals surface area contributed by atoms with Crippen LogP contribution in [-0.4, -0.2) is 51.3 Å². The summed E-state index contributed by atoms with van der Waals surface area (Å²) in [5.74, 6) is 0.807. The maximum atomic E-state index is 11.8. The van der Waals surface area contributed by atoms with Crippen molar-refractivity contribution in [1.29, 1.82) is 0 Å². The number of aliphatic imine (C=N–C) groups is 1. The molecule has 0 aliphatic heterocycles. The molecule has 160 valence electrons. The number of ether oxygens (including phenoxy) is 1. The zero-order valence-corrected chi connectivity index (χ0v) is 18.1. The molecule has 2 aliphatic carbocycles. The Morgan fingerprint density at radius 2 is 2.07 bits per heavy atom. The molecule has 0 bridgehead atoms. The summed E-state index contributed by atoms with van der Waals surface area (Å²) in [5, 5.41) is 9.79. The fraction of sp³-hybridized carbons (Fsp3) is 0.652. The molecule has 1 aromatic carbocycles. The fourth-order valence-electron chi connectivity index (χ4n) is 4.96. The van der Waals surface area contributed by atoms with E-state index >= 15 is 0 Å². The Bertz CT molecular complexity index is 713. The molecule has 1 spiro atoms. The van der Waals surface area contributed by atoms with Crippen molar-refractivity contribution in [2.45, 2.75) is 64.0 Å². The molecule has 0 heterocycles.